The van der Waals surface area contributed by atoms with Gasteiger partial charge in [0.15, 0.2) is 0 Å². The predicted octanol–water partition coefficient (Wildman–Crippen LogP) is 2.64. The minimum Gasteiger partial charge on any atom is -0.381 e. The van der Waals surface area contributed by atoms with E-state index in [1.807, 2.05) is 0 Å². The van der Waals surface area contributed by atoms with Crippen LogP contribution in [0.25, 0.3) is 0 Å². The Balaban J connectivity index is 2.04. The molecule has 18 heavy (non-hydrogen) atoms. The summed E-state index contributed by atoms with van der Waals surface area (Å²) in [6.07, 6.45) is 2.13. The summed E-state index contributed by atoms with van der Waals surface area (Å²) < 4.78 is 18.7. The van der Waals surface area contributed by atoms with Gasteiger partial charge in [-0.15, -0.1) is 0 Å². The molecule has 0 bridgehead atoms. The van der Waals surface area contributed by atoms with Gasteiger partial charge in [-0.2, -0.15) is 0 Å². The molecule has 3 N–H and O–H groups in total. The molecule has 2 unspecified atom stereocenters. The van der Waals surface area contributed by atoms with Crippen LogP contribution in [-0.4, -0.2) is 25.8 Å². The van der Waals surface area contributed by atoms with Crippen LogP contribution >= 0.6 is 11.6 Å². The highest BCUT2D eigenvalue weighted by molar-refractivity contribution is 6.30. The van der Waals surface area contributed by atoms with E-state index >= 15 is 0 Å². The molecule has 0 radical (unpaired) electrons. The van der Waals surface area contributed by atoms with Crippen molar-refractivity contribution < 1.29 is 9.13 Å². The van der Waals surface area contributed by atoms with Gasteiger partial charge in [0.2, 0.25) is 0 Å². The fourth-order valence-electron chi connectivity index (χ4n) is 2.30. The van der Waals surface area contributed by atoms with Crippen molar-refractivity contribution in [1.29, 1.82) is 0 Å². The lowest BCUT2D eigenvalue weighted by Crippen LogP contribution is -2.40. The third-order valence-corrected chi connectivity index (χ3v) is 3.45. The van der Waals surface area contributed by atoms with Gasteiger partial charge in [0, 0.05) is 35.8 Å². The highest BCUT2D eigenvalue weighted by Gasteiger charge is 2.23. The molecule has 1 aromatic rings. The molecule has 1 heterocycles. The predicted molar refractivity (Wildman–Crippen MR) is 71.4 cm³/mol. The third kappa shape index (κ3) is 3.57. The number of hydrogen-bond donors (Lipinski definition) is 2. The van der Waals surface area contributed by atoms with Crippen LogP contribution in [0.15, 0.2) is 18.2 Å². The van der Waals surface area contributed by atoms with E-state index in [1.54, 1.807) is 6.07 Å². The number of ether oxygens (including phenoxy) is 1. The molecule has 5 heteroatoms. The van der Waals surface area contributed by atoms with Crippen LogP contribution in [0.2, 0.25) is 5.02 Å². The Bertz CT molecular complexity index is 376. The number of nitrogens with two attached hydrogens (primary N) is 1. The minimum atomic E-state index is -0.347. The van der Waals surface area contributed by atoms with Gasteiger partial charge < -0.3 is 15.8 Å². The molecule has 1 saturated heterocycles. The Morgan fingerprint density at radius 2 is 2.33 bits per heavy atom. The van der Waals surface area contributed by atoms with Gasteiger partial charge in [-0.1, -0.05) is 11.6 Å². The first-order valence-corrected chi connectivity index (χ1v) is 6.57. The SMILES string of the molecule is NCC(Nc1cc(F)cc(Cl)c1)C1CCCOC1. The lowest BCUT2D eigenvalue weighted by Gasteiger charge is -2.30. The first-order chi connectivity index (χ1) is 8.69. The van der Waals surface area contributed by atoms with Gasteiger partial charge >= 0.3 is 0 Å². The molecular formula is C13H18ClFN2O. The average molecular weight is 273 g/mol. The zero-order valence-corrected chi connectivity index (χ0v) is 10.9. The molecule has 1 aliphatic heterocycles. The number of hydrogen-bond acceptors (Lipinski definition) is 3. The highest BCUT2D eigenvalue weighted by Crippen LogP contribution is 2.23. The highest BCUT2D eigenvalue weighted by atomic mass is 35.5. The number of nitrogens with one attached hydrogen (secondary N) is 1. The Kier molecular flexibility index (Phi) is 4.80. The molecule has 3 nitrogen and oxygen atoms in total. The van der Waals surface area contributed by atoms with Gasteiger partial charge in [0.05, 0.1) is 6.61 Å². The minimum absolute atomic E-state index is 0.0863. The van der Waals surface area contributed by atoms with Gasteiger partial charge in [-0.05, 0) is 31.0 Å². The molecule has 0 amide bonds. The number of halogens is 2. The Labute approximate surface area is 111 Å². The summed E-state index contributed by atoms with van der Waals surface area (Å²) in [7, 11) is 0. The van der Waals surface area contributed by atoms with Gasteiger partial charge in [-0.3, -0.25) is 0 Å². The zero-order chi connectivity index (χ0) is 13.0. The second-order valence-electron chi connectivity index (χ2n) is 4.62. The van der Waals surface area contributed by atoms with Crippen LogP contribution in [0.4, 0.5) is 10.1 Å². The van der Waals surface area contributed by atoms with E-state index in [-0.39, 0.29) is 11.9 Å². The van der Waals surface area contributed by atoms with Crippen LogP contribution in [0.5, 0.6) is 0 Å². The van der Waals surface area contributed by atoms with Crippen LogP contribution in [0, 0.1) is 11.7 Å². The first kappa shape index (κ1) is 13.6. The molecule has 2 atom stereocenters. The first-order valence-electron chi connectivity index (χ1n) is 6.19. The quantitative estimate of drug-likeness (QED) is 0.886. The normalized spacial score (nSPS) is 21.6. The van der Waals surface area contributed by atoms with Crippen molar-refractivity contribution in [1.82, 2.24) is 0 Å². The molecular weight excluding hydrogens is 255 g/mol. The maximum absolute atomic E-state index is 13.2. The van der Waals surface area contributed by atoms with E-state index in [1.165, 1.54) is 12.1 Å². The molecule has 2 rings (SSSR count). The summed E-state index contributed by atoms with van der Waals surface area (Å²) in [4.78, 5) is 0. The van der Waals surface area contributed by atoms with E-state index < -0.39 is 0 Å². The Morgan fingerprint density at radius 3 is 2.94 bits per heavy atom. The van der Waals surface area contributed by atoms with Gasteiger partial charge in [-0.25, -0.2) is 4.39 Å². The van der Waals surface area contributed by atoms with E-state index in [0.717, 1.165) is 19.4 Å². The van der Waals surface area contributed by atoms with Crippen molar-refractivity contribution in [3.8, 4) is 0 Å². The van der Waals surface area contributed by atoms with E-state index in [4.69, 9.17) is 22.1 Å². The fraction of sp³-hybridized carbons (Fsp3) is 0.538. The summed E-state index contributed by atoms with van der Waals surface area (Å²) in [6, 6.07) is 4.51. The van der Waals surface area contributed by atoms with Gasteiger partial charge in [0.25, 0.3) is 0 Å². The largest absolute Gasteiger partial charge is 0.381 e. The topological polar surface area (TPSA) is 47.3 Å². The maximum atomic E-state index is 13.2. The molecule has 1 aliphatic rings. The monoisotopic (exact) mass is 272 g/mol. The van der Waals surface area contributed by atoms with Crippen molar-refractivity contribution in [3.05, 3.63) is 29.0 Å². The summed E-state index contributed by atoms with van der Waals surface area (Å²) in [5.74, 6) is 0.0199. The van der Waals surface area contributed by atoms with Crippen LogP contribution in [0.3, 0.4) is 0 Å². The van der Waals surface area contributed by atoms with Crippen LogP contribution < -0.4 is 11.1 Å². The fourth-order valence-corrected chi connectivity index (χ4v) is 2.53. The molecule has 0 aromatic heterocycles. The average Bonchev–Trinajstić information content (AvgIpc) is 2.36. The Morgan fingerprint density at radius 1 is 1.50 bits per heavy atom. The smallest absolute Gasteiger partial charge is 0.126 e. The number of rotatable bonds is 4. The summed E-state index contributed by atoms with van der Waals surface area (Å²) in [6.45, 7) is 2.01. The van der Waals surface area contributed by atoms with Crippen molar-refractivity contribution in [3.63, 3.8) is 0 Å². The standard InChI is InChI=1S/C13H18ClFN2O/c14-10-4-11(15)6-12(5-10)17-13(7-16)9-2-1-3-18-8-9/h4-6,9,13,17H,1-3,7-8,16H2. The molecule has 0 aliphatic carbocycles. The van der Waals surface area contributed by atoms with Crippen molar-refractivity contribution in [2.45, 2.75) is 18.9 Å². The van der Waals surface area contributed by atoms with Crippen molar-refractivity contribution in [2.75, 3.05) is 25.1 Å². The van der Waals surface area contributed by atoms with Crippen molar-refractivity contribution in [2.24, 2.45) is 11.7 Å². The molecule has 1 aromatic carbocycles. The molecule has 1 fully saturated rings. The number of anilines is 1. The van der Waals surface area contributed by atoms with Crippen molar-refractivity contribution >= 4 is 17.3 Å². The lowest BCUT2D eigenvalue weighted by atomic mass is 9.93. The molecule has 0 spiro atoms. The van der Waals surface area contributed by atoms with E-state index in [0.29, 0.717) is 29.8 Å². The summed E-state index contributed by atoms with van der Waals surface area (Å²) >= 11 is 5.83. The van der Waals surface area contributed by atoms with Gasteiger partial charge in [0.1, 0.15) is 5.82 Å². The lowest BCUT2D eigenvalue weighted by molar-refractivity contribution is 0.0485. The van der Waals surface area contributed by atoms with Crippen LogP contribution in [-0.2, 0) is 4.74 Å². The second-order valence-corrected chi connectivity index (χ2v) is 5.06. The molecule has 0 saturated carbocycles. The van der Waals surface area contributed by atoms with E-state index in [2.05, 4.69) is 5.32 Å². The molecule has 100 valence electrons. The summed E-state index contributed by atoms with van der Waals surface area (Å²) in [5, 5.41) is 3.63. The zero-order valence-electron chi connectivity index (χ0n) is 10.2. The van der Waals surface area contributed by atoms with E-state index in [9.17, 15) is 4.39 Å². The second kappa shape index (κ2) is 6.36. The maximum Gasteiger partial charge on any atom is 0.126 e. The Hall–Kier alpha value is -0.840. The third-order valence-electron chi connectivity index (χ3n) is 3.23. The van der Waals surface area contributed by atoms with Crippen LogP contribution in [0.1, 0.15) is 12.8 Å². The summed E-state index contributed by atoms with van der Waals surface area (Å²) in [5.41, 5.74) is 6.45. The number of benzene rings is 1.